The zero-order valence-electron chi connectivity index (χ0n) is 12.7. The lowest BCUT2D eigenvalue weighted by Gasteiger charge is -2.11. The predicted octanol–water partition coefficient (Wildman–Crippen LogP) is 2.32. The topological polar surface area (TPSA) is 82.3 Å². The Hall–Kier alpha value is -1.56. The zero-order valence-corrected chi connectivity index (χ0v) is 12.7. The maximum absolute atomic E-state index is 5.96. The third-order valence-corrected chi connectivity index (χ3v) is 2.50. The molecule has 0 aliphatic rings. The first-order valence-electron chi connectivity index (χ1n) is 7.20. The molecule has 1 aromatic heterocycles. The normalized spacial score (nSPS) is 10.8. The Labute approximate surface area is 121 Å². The van der Waals surface area contributed by atoms with Gasteiger partial charge in [-0.1, -0.05) is 20.8 Å². The minimum Gasteiger partial charge on any atom is -0.476 e. The smallest absolute Gasteiger partial charge is 0.242 e. The highest BCUT2D eigenvalue weighted by atomic mass is 16.5. The monoisotopic (exact) mass is 282 g/mol. The Kier molecular flexibility index (Phi) is 7.72. The van der Waals surface area contributed by atoms with Crippen molar-refractivity contribution in [1.29, 1.82) is 0 Å². The summed E-state index contributed by atoms with van der Waals surface area (Å²) < 4.78 is 11.0. The summed E-state index contributed by atoms with van der Waals surface area (Å²) in [7, 11) is 0. The number of nitrogens with one attached hydrogen (secondary N) is 1. The molecular formula is C14H26N4O2. The highest BCUT2D eigenvalue weighted by Crippen LogP contribution is 2.24. The summed E-state index contributed by atoms with van der Waals surface area (Å²) in [5.74, 6) is 1.63. The van der Waals surface area contributed by atoms with Gasteiger partial charge in [-0.2, -0.15) is 4.98 Å². The number of nitrogens with two attached hydrogens (primary N) is 1. The minimum atomic E-state index is 0.445. The van der Waals surface area contributed by atoms with Crippen LogP contribution >= 0.6 is 0 Å². The second kappa shape index (κ2) is 9.36. The molecule has 0 unspecified atom stereocenters. The molecule has 0 aliphatic carbocycles. The Balaban J connectivity index is 2.32. The molecule has 0 saturated carbocycles. The van der Waals surface area contributed by atoms with Gasteiger partial charge < -0.3 is 20.5 Å². The average molecular weight is 282 g/mol. The number of ether oxygens (including phenoxy) is 2. The molecule has 1 heterocycles. The molecule has 20 heavy (non-hydrogen) atoms. The molecular weight excluding hydrogens is 256 g/mol. The molecule has 0 aromatic carbocycles. The van der Waals surface area contributed by atoms with Gasteiger partial charge in [0, 0.05) is 19.8 Å². The summed E-state index contributed by atoms with van der Waals surface area (Å²) >= 11 is 0. The Bertz CT molecular complexity index is 385. The van der Waals surface area contributed by atoms with Gasteiger partial charge >= 0.3 is 0 Å². The van der Waals surface area contributed by atoms with E-state index in [1.165, 1.54) is 6.33 Å². The van der Waals surface area contributed by atoms with Crippen LogP contribution in [0, 0.1) is 5.92 Å². The van der Waals surface area contributed by atoms with Crippen LogP contribution in [0.2, 0.25) is 0 Å². The summed E-state index contributed by atoms with van der Waals surface area (Å²) in [5, 5.41) is 3.18. The van der Waals surface area contributed by atoms with Crippen molar-refractivity contribution in [3.05, 3.63) is 6.33 Å². The van der Waals surface area contributed by atoms with Gasteiger partial charge in [0.05, 0.1) is 6.61 Å². The average Bonchev–Trinajstić information content (AvgIpc) is 2.42. The van der Waals surface area contributed by atoms with Crippen molar-refractivity contribution < 1.29 is 9.47 Å². The second-order valence-electron chi connectivity index (χ2n) is 5.04. The minimum absolute atomic E-state index is 0.445. The van der Waals surface area contributed by atoms with Crippen LogP contribution in [-0.2, 0) is 4.74 Å². The molecule has 0 radical (unpaired) electrons. The number of hydrogen-bond donors (Lipinski definition) is 2. The summed E-state index contributed by atoms with van der Waals surface area (Å²) in [6.07, 6.45) is 3.28. The van der Waals surface area contributed by atoms with Gasteiger partial charge in [-0.3, -0.25) is 0 Å². The molecule has 6 heteroatoms. The van der Waals surface area contributed by atoms with Gasteiger partial charge in [0.2, 0.25) is 5.88 Å². The third-order valence-electron chi connectivity index (χ3n) is 2.50. The van der Waals surface area contributed by atoms with Crippen LogP contribution in [0.1, 0.15) is 33.6 Å². The van der Waals surface area contributed by atoms with E-state index in [1.807, 2.05) is 6.92 Å². The van der Waals surface area contributed by atoms with Crippen LogP contribution in [0.15, 0.2) is 6.33 Å². The first-order valence-corrected chi connectivity index (χ1v) is 7.20. The SMILES string of the molecule is CCCOc1ncnc(NCCCOCC(C)C)c1N. The fourth-order valence-corrected chi connectivity index (χ4v) is 1.53. The molecule has 0 spiro atoms. The van der Waals surface area contributed by atoms with Gasteiger partial charge in [0.1, 0.15) is 12.0 Å². The maximum Gasteiger partial charge on any atom is 0.242 e. The second-order valence-corrected chi connectivity index (χ2v) is 5.04. The lowest BCUT2D eigenvalue weighted by atomic mass is 10.2. The molecule has 0 atom stereocenters. The predicted molar refractivity (Wildman–Crippen MR) is 81.0 cm³/mol. The first kappa shape index (κ1) is 16.5. The molecule has 114 valence electrons. The lowest BCUT2D eigenvalue weighted by Crippen LogP contribution is -2.11. The third kappa shape index (κ3) is 6.06. The first-order chi connectivity index (χ1) is 9.65. The van der Waals surface area contributed by atoms with Gasteiger partial charge in [0.25, 0.3) is 0 Å². The highest BCUT2D eigenvalue weighted by molar-refractivity contribution is 5.66. The number of nitrogen functional groups attached to an aromatic ring is 1. The largest absolute Gasteiger partial charge is 0.476 e. The van der Waals surface area contributed by atoms with Crippen molar-refractivity contribution >= 4 is 11.5 Å². The van der Waals surface area contributed by atoms with Crippen LogP contribution in [0.25, 0.3) is 0 Å². The summed E-state index contributed by atoms with van der Waals surface area (Å²) in [6, 6.07) is 0. The molecule has 0 fully saturated rings. The Morgan fingerprint density at radius 3 is 2.80 bits per heavy atom. The highest BCUT2D eigenvalue weighted by Gasteiger charge is 2.08. The van der Waals surface area contributed by atoms with Crippen LogP contribution in [0.5, 0.6) is 5.88 Å². The van der Waals surface area contributed by atoms with Gasteiger partial charge in [-0.15, -0.1) is 0 Å². The number of hydrogen-bond acceptors (Lipinski definition) is 6. The van der Waals surface area contributed by atoms with E-state index < -0.39 is 0 Å². The molecule has 0 saturated heterocycles. The molecule has 0 bridgehead atoms. The Morgan fingerprint density at radius 2 is 2.10 bits per heavy atom. The van der Waals surface area contributed by atoms with Crippen molar-refractivity contribution in [2.24, 2.45) is 5.92 Å². The zero-order chi connectivity index (χ0) is 14.8. The van der Waals surface area contributed by atoms with Crippen LogP contribution < -0.4 is 15.8 Å². The van der Waals surface area contributed by atoms with E-state index in [9.17, 15) is 0 Å². The van der Waals surface area contributed by atoms with E-state index in [0.29, 0.717) is 29.9 Å². The maximum atomic E-state index is 5.96. The standard InChI is InChI=1S/C14H26N4O2/c1-4-7-20-14-12(15)13(17-10-18-14)16-6-5-8-19-9-11(2)3/h10-11H,4-9,15H2,1-3H3,(H,16,17,18). The molecule has 6 nitrogen and oxygen atoms in total. The van der Waals surface area contributed by atoms with Crippen LogP contribution in [0.4, 0.5) is 11.5 Å². The van der Waals surface area contributed by atoms with Crippen molar-refractivity contribution in [2.45, 2.75) is 33.6 Å². The van der Waals surface area contributed by atoms with E-state index in [0.717, 1.165) is 32.6 Å². The summed E-state index contributed by atoms with van der Waals surface area (Å²) in [4.78, 5) is 8.16. The van der Waals surface area contributed by atoms with Crippen molar-refractivity contribution in [3.63, 3.8) is 0 Å². The van der Waals surface area contributed by atoms with E-state index in [-0.39, 0.29) is 0 Å². The number of aromatic nitrogens is 2. The van der Waals surface area contributed by atoms with Crippen molar-refractivity contribution in [2.75, 3.05) is 37.4 Å². The van der Waals surface area contributed by atoms with E-state index in [1.54, 1.807) is 0 Å². The summed E-state index contributed by atoms with van der Waals surface area (Å²) in [6.45, 7) is 9.19. The molecule has 1 aromatic rings. The van der Waals surface area contributed by atoms with Crippen LogP contribution in [0.3, 0.4) is 0 Å². The van der Waals surface area contributed by atoms with E-state index >= 15 is 0 Å². The van der Waals surface area contributed by atoms with Crippen molar-refractivity contribution in [1.82, 2.24) is 9.97 Å². The molecule has 1 rings (SSSR count). The van der Waals surface area contributed by atoms with Gasteiger partial charge in [0.15, 0.2) is 5.82 Å². The van der Waals surface area contributed by atoms with E-state index in [2.05, 4.69) is 29.1 Å². The number of rotatable bonds is 10. The number of nitrogens with zero attached hydrogens (tertiary/aromatic N) is 2. The van der Waals surface area contributed by atoms with E-state index in [4.69, 9.17) is 15.2 Å². The van der Waals surface area contributed by atoms with Crippen molar-refractivity contribution in [3.8, 4) is 5.88 Å². The van der Waals surface area contributed by atoms with Gasteiger partial charge in [-0.05, 0) is 18.8 Å². The van der Waals surface area contributed by atoms with Gasteiger partial charge in [-0.25, -0.2) is 4.98 Å². The Morgan fingerprint density at radius 1 is 1.30 bits per heavy atom. The molecule has 0 aliphatic heterocycles. The lowest BCUT2D eigenvalue weighted by molar-refractivity contribution is 0.110. The quantitative estimate of drug-likeness (QED) is 0.641. The number of anilines is 2. The fraction of sp³-hybridized carbons (Fsp3) is 0.714. The molecule has 0 amide bonds. The fourth-order valence-electron chi connectivity index (χ4n) is 1.53. The van der Waals surface area contributed by atoms with Crippen LogP contribution in [-0.4, -0.2) is 36.3 Å². The summed E-state index contributed by atoms with van der Waals surface area (Å²) in [5.41, 5.74) is 6.42. The molecule has 3 N–H and O–H groups in total.